The molecule has 0 atom stereocenters. The summed E-state index contributed by atoms with van der Waals surface area (Å²) in [7, 11) is -4.64. The summed E-state index contributed by atoms with van der Waals surface area (Å²) >= 11 is 0. The second-order valence-electron chi connectivity index (χ2n) is 2.14. The van der Waals surface area contributed by atoms with Gasteiger partial charge in [-0.25, -0.2) is 4.57 Å². The maximum atomic E-state index is 8.93. The molecular formula is C8H14KO6P. The van der Waals surface area contributed by atoms with Gasteiger partial charge in [0, 0.05) is 0 Å². The van der Waals surface area contributed by atoms with Crippen molar-refractivity contribution >= 4 is 7.82 Å². The third-order valence-electron chi connectivity index (χ3n) is 0.756. The molecule has 0 aromatic heterocycles. The fourth-order valence-corrected chi connectivity index (χ4v) is 0.428. The molecular weight excluding hydrogens is 262 g/mol. The number of phenolic OH excluding ortho intramolecular Hbond substituents is 1. The smallest absolute Gasteiger partial charge is 0.855 e. The zero-order chi connectivity index (χ0) is 12.3. The number of phenols is 1. The molecule has 1 rings (SSSR count). The van der Waals surface area contributed by atoms with Gasteiger partial charge in [-0.1, -0.05) is 25.1 Å². The van der Waals surface area contributed by atoms with Crippen LogP contribution in [-0.2, 0) is 4.57 Å². The van der Waals surface area contributed by atoms with Crippen molar-refractivity contribution in [2.75, 3.05) is 6.61 Å². The van der Waals surface area contributed by atoms with E-state index in [2.05, 4.69) is 0 Å². The summed E-state index contributed by atoms with van der Waals surface area (Å²) in [6.45, 7) is 1.57. The molecule has 0 saturated carbocycles. The van der Waals surface area contributed by atoms with Gasteiger partial charge in [-0.2, -0.15) is 0 Å². The van der Waals surface area contributed by atoms with E-state index in [0.29, 0.717) is 5.75 Å². The van der Waals surface area contributed by atoms with E-state index in [9.17, 15) is 0 Å². The molecule has 8 heteroatoms. The number of aromatic hydroxyl groups is 1. The minimum atomic E-state index is -4.64. The number of hydrogen-bond donors (Lipinski definition) is 4. The molecule has 0 aliphatic rings. The van der Waals surface area contributed by atoms with Crippen LogP contribution in [0.2, 0.25) is 0 Å². The van der Waals surface area contributed by atoms with E-state index in [1.165, 1.54) is 0 Å². The van der Waals surface area contributed by atoms with Crippen LogP contribution in [-0.4, -0.2) is 26.4 Å². The number of benzene rings is 1. The molecule has 16 heavy (non-hydrogen) atoms. The van der Waals surface area contributed by atoms with Gasteiger partial charge < -0.3 is 24.9 Å². The zero-order valence-electron chi connectivity index (χ0n) is 9.15. The Kier molecular flexibility index (Phi) is 18.9. The summed E-state index contributed by atoms with van der Waals surface area (Å²) in [5.74, 6) is 0.322. The van der Waals surface area contributed by atoms with Gasteiger partial charge in [-0.05, 0) is 12.1 Å². The normalized spacial score (nSPS) is 8.56. The van der Waals surface area contributed by atoms with E-state index in [1.807, 2.05) is 6.07 Å². The Balaban J connectivity index is -0.000000168. The Bertz CT molecular complexity index is 267. The average Bonchev–Trinajstić information content (AvgIpc) is 2.03. The average molecular weight is 276 g/mol. The van der Waals surface area contributed by atoms with Crippen LogP contribution < -0.4 is 56.5 Å². The molecule has 0 radical (unpaired) electrons. The molecule has 0 amide bonds. The van der Waals surface area contributed by atoms with Gasteiger partial charge in [0.15, 0.2) is 0 Å². The maximum Gasteiger partial charge on any atom is 1.00 e. The Morgan fingerprint density at radius 2 is 1.44 bits per heavy atom. The van der Waals surface area contributed by atoms with Crippen molar-refractivity contribution < 1.29 is 80.8 Å². The first kappa shape index (κ1) is 22.0. The van der Waals surface area contributed by atoms with E-state index >= 15 is 0 Å². The topological polar surface area (TPSA) is 121 Å². The number of para-hydroxylation sites is 1. The predicted molar refractivity (Wildman–Crippen MR) is 52.9 cm³/mol. The molecule has 1 aromatic carbocycles. The summed E-state index contributed by atoms with van der Waals surface area (Å²) in [6, 6.07) is 8.71. The molecule has 0 fully saturated rings. The summed E-state index contributed by atoms with van der Waals surface area (Å²) in [4.78, 5) is 21.6. The zero-order valence-corrected chi connectivity index (χ0v) is 13.2. The summed E-state index contributed by atoms with van der Waals surface area (Å²) < 4.78 is 8.88. The van der Waals surface area contributed by atoms with Gasteiger partial charge in [-0.3, -0.25) is 0 Å². The van der Waals surface area contributed by atoms with Crippen molar-refractivity contribution in [2.45, 2.75) is 6.92 Å². The van der Waals surface area contributed by atoms with Crippen molar-refractivity contribution in [1.29, 1.82) is 0 Å². The summed E-state index contributed by atoms with van der Waals surface area (Å²) in [5, 5.41) is 17.6. The summed E-state index contributed by atoms with van der Waals surface area (Å²) in [5.41, 5.74) is 0. The number of phosphoric acid groups is 1. The van der Waals surface area contributed by atoms with E-state index in [4.69, 9.17) is 29.5 Å². The van der Waals surface area contributed by atoms with Crippen molar-refractivity contribution in [2.24, 2.45) is 0 Å². The van der Waals surface area contributed by atoms with Crippen molar-refractivity contribution in [3.63, 3.8) is 0 Å². The second-order valence-corrected chi connectivity index (χ2v) is 3.16. The molecule has 0 bridgehead atoms. The monoisotopic (exact) mass is 276 g/mol. The quantitative estimate of drug-likeness (QED) is 0.293. The first-order chi connectivity index (χ1) is 6.81. The van der Waals surface area contributed by atoms with Crippen LogP contribution >= 0.6 is 7.82 Å². The van der Waals surface area contributed by atoms with Gasteiger partial charge in [0.1, 0.15) is 5.75 Å². The molecule has 0 aliphatic carbocycles. The van der Waals surface area contributed by atoms with Gasteiger partial charge in [0.2, 0.25) is 0 Å². The molecule has 0 heterocycles. The van der Waals surface area contributed by atoms with Crippen LogP contribution in [0.1, 0.15) is 6.92 Å². The number of rotatable bonds is 0. The van der Waals surface area contributed by atoms with Crippen LogP contribution in [0, 0.1) is 0 Å². The molecule has 0 unspecified atom stereocenters. The van der Waals surface area contributed by atoms with Crippen LogP contribution in [0.4, 0.5) is 0 Å². The standard InChI is InChI=1S/C6H6O.C2H5O.K.H3O4P/c7-6-4-2-1-3-5-6;1-2-3;;1-5(2,3)4/h1-5,7H;2H2,1H3;;(H3,1,2,3,4)/q;-1;+1;. The minimum absolute atomic E-state index is 0. The minimum Gasteiger partial charge on any atom is -0.855 e. The Morgan fingerprint density at radius 1 is 1.19 bits per heavy atom. The first-order valence-corrected chi connectivity index (χ1v) is 5.48. The molecule has 0 saturated heterocycles. The maximum absolute atomic E-state index is 8.93. The van der Waals surface area contributed by atoms with E-state index in [0.717, 1.165) is 0 Å². The first-order valence-electron chi connectivity index (χ1n) is 3.91. The third kappa shape index (κ3) is 36.4. The van der Waals surface area contributed by atoms with Gasteiger partial charge >= 0.3 is 59.2 Å². The molecule has 88 valence electrons. The fraction of sp³-hybridized carbons (Fsp3) is 0.250. The SMILES string of the molecule is CC[O-].O=P(O)(O)O.Oc1ccccc1.[K+]. The molecule has 1 aromatic rings. The second kappa shape index (κ2) is 13.8. The van der Waals surface area contributed by atoms with Crippen molar-refractivity contribution in [3.05, 3.63) is 30.3 Å². The molecule has 0 aliphatic heterocycles. The Morgan fingerprint density at radius 3 is 1.56 bits per heavy atom. The largest absolute Gasteiger partial charge is 1.00 e. The van der Waals surface area contributed by atoms with Gasteiger partial charge in [0.25, 0.3) is 0 Å². The third-order valence-corrected chi connectivity index (χ3v) is 0.756. The van der Waals surface area contributed by atoms with Crippen LogP contribution in [0.25, 0.3) is 0 Å². The summed E-state index contributed by atoms with van der Waals surface area (Å²) in [6.07, 6.45) is 0. The van der Waals surface area contributed by atoms with Gasteiger partial charge in [-0.15, -0.1) is 6.61 Å². The van der Waals surface area contributed by atoms with Crippen LogP contribution in [0.5, 0.6) is 5.75 Å². The van der Waals surface area contributed by atoms with Gasteiger partial charge in [0.05, 0.1) is 0 Å². The molecule has 4 N–H and O–H groups in total. The van der Waals surface area contributed by atoms with E-state index < -0.39 is 7.82 Å². The van der Waals surface area contributed by atoms with Crippen LogP contribution in [0.3, 0.4) is 0 Å². The van der Waals surface area contributed by atoms with Crippen LogP contribution in [0.15, 0.2) is 30.3 Å². The van der Waals surface area contributed by atoms with E-state index in [1.54, 1.807) is 31.2 Å². The Labute approximate surface area is 137 Å². The van der Waals surface area contributed by atoms with E-state index in [-0.39, 0.29) is 58.0 Å². The molecule has 6 nitrogen and oxygen atoms in total. The van der Waals surface area contributed by atoms with Crippen molar-refractivity contribution in [1.82, 2.24) is 0 Å². The van der Waals surface area contributed by atoms with Crippen molar-refractivity contribution in [3.8, 4) is 5.75 Å². The predicted octanol–water partition coefficient (Wildman–Crippen LogP) is -3.17. The Hall–Kier alpha value is 0.726. The molecule has 0 spiro atoms. The number of hydrogen-bond acceptors (Lipinski definition) is 3. The fourth-order valence-electron chi connectivity index (χ4n) is 0.428.